The number of halogens is 6. The van der Waals surface area contributed by atoms with Crippen LogP contribution in [-0.2, 0) is 54.2 Å². The second-order valence-electron chi connectivity index (χ2n) is 17.0. The molecule has 0 amide bonds. The summed E-state index contributed by atoms with van der Waals surface area (Å²) < 4.78 is 80.9. The van der Waals surface area contributed by atoms with E-state index in [1.165, 1.54) is 38.1 Å². The molecule has 0 bridgehead atoms. The maximum atomic E-state index is 13.7. The van der Waals surface area contributed by atoms with E-state index in [1.54, 1.807) is 0 Å². The maximum absolute atomic E-state index is 13.7. The van der Waals surface area contributed by atoms with Crippen molar-refractivity contribution < 1.29 is 61.2 Å². The van der Waals surface area contributed by atoms with Gasteiger partial charge in [0.1, 0.15) is 17.4 Å². The van der Waals surface area contributed by atoms with Crippen LogP contribution in [0.4, 0.5) is 26.3 Å². The van der Waals surface area contributed by atoms with Crippen molar-refractivity contribution in [1.29, 1.82) is 0 Å². The summed E-state index contributed by atoms with van der Waals surface area (Å²) in [6.45, 7) is 5.36. The number of hydrogen-bond acceptors (Lipinski definition) is 7. The number of rotatable bonds is 16. The second-order valence-corrected chi connectivity index (χ2v) is 17.0. The summed E-state index contributed by atoms with van der Waals surface area (Å²) >= 11 is 0. The van der Waals surface area contributed by atoms with Crippen molar-refractivity contribution in [3.63, 3.8) is 0 Å². The third-order valence-corrected chi connectivity index (χ3v) is 11.7. The molecule has 2 unspecified atom stereocenters. The molecule has 0 saturated carbocycles. The first-order chi connectivity index (χ1) is 32.4. The van der Waals surface area contributed by atoms with E-state index in [0.29, 0.717) is 24.7 Å². The van der Waals surface area contributed by atoms with Crippen LogP contribution in [0.1, 0.15) is 74.3 Å². The van der Waals surface area contributed by atoms with Gasteiger partial charge in [-0.15, -0.1) is 0 Å². The van der Waals surface area contributed by atoms with Gasteiger partial charge in [-0.25, -0.2) is 0 Å². The molecule has 6 rings (SSSR count). The highest BCUT2D eigenvalue weighted by atomic mass is 19.4. The zero-order valence-corrected chi connectivity index (χ0v) is 38.6. The molecule has 0 radical (unpaired) electrons. The first-order valence-electron chi connectivity index (χ1n) is 21.8. The molecule has 69 heavy (non-hydrogen) atoms. The Labute approximate surface area is 397 Å². The van der Waals surface area contributed by atoms with Gasteiger partial charge in [0.25, 0.3) is 0 Å². The van der Waals surface area contributed by atoms with Crippen molar-refractivity contribution in [1.82, 2.24) is 5.32 Å². The van der Waals surface area contributed by atoms with Crippen molar-refractivity contribution in [2.45, 2.75) is 83.4 Å². The van der Waals surface area contributed by atoms with Crippen molar-refractivity contribution in [2.24, 2.45) is 5.73 Å². The van der Waals surface area contributed by atoms with E-state index in [0.717, 1.165) is 56.6 Å². The molecule has 0 aliphatic heterocycles. The van der Waals surface area contributed by atoms with Crippen molar-refractivity contribution in [2.75, 3.05) is 13.2 Å². The summed E-state index contributed by atoms with van der Waals surface area (Å²) in [5, 5.41) is 37.8. The van der Waals surface area contributed by atoms with Gasteiger partial charge >= 0.3 is 24.3 Å². The van der Waals surface area contributed by atoms with Crippen LogP contribution in [0.5, 0.6) is 0 Å². The van der Waals surface area contributed by atoms with E-state index in [4.69, 9.17) is 15.9 Å². The van der Waals surface area contributed by atoms with E-state index in [-0.39, 0.29) is 36.1 Å². The average molecular weight is 959 g/mol. The molecule has 7 N–H and O–H groups in total. The average Bonchev–Trinajstić information content (AvgIpc) is 3.32. The van der Waals surface area contributed by atoms with Crippen LogP contribution in [-0.4, -0.2) is 62.9 Å². The van der Waals surface area contributed by atoms with Crippen molar-refractivity contribution in [3.8, 4) is 22.3 Å². The monoisotopic (exact) mass is 958 g/mol. The molecule has 0 fully saturated rings. The van der Waals surface area contributed by atoms with Crippen LogP contribution in [0.2, 0.25) is 0 Å². The van der Waals surface area contributed by atoms with E-state index < -0.39 is 59.7 Å². The van der Waals surface area contributed by atoms with Gasteiger partial charge in [-0.3, -0.25) is 19.7 Å². The molecule has 366 valence electrons. The SMILES string of the molecule is CC(N)(CO)C(=O)O.Cc1c(CCc2cc(C=O)ccc2C(F)(F)F)cccc1-c1ccccc1.Cc1c(CCc2cc(CNC(C)(CO)C(=O)O)ccc2C(F)(F)F)cccc1-c1ccccc1. The third kappa shape index (κ3) is 15.2. The molecule has 0 spiro atoms. The summed E-state index contributed by atoms with van der Waals surface area (Å²) in [4.78, 5) is 32.3. The Hall–Kier alpha value is -6.65. The van der Waals surface area contributed by atoms with Crippen LogP contribution in [0.3, 0.4) is 0 Å². The number of carbonyl (C=O) groups excluding carboxylic acids is 1. The number of carboxylic acids is 2. The Morgan fingerprint density at radius 2 is 1.00 bits per heavy atom. The number of nitrogens with two attached hydrogens (primary N) is 1. The molecule has 6 aromatic rings. The number of nitrogens with one attached hydrogen (secondary N) is 1. The lowest BCUT2D eigenvalue weighted by molar-refractivity contribution is -0.146. The number of benzene rings is 6. The minimum atomic E-state index is -4.50. The molecule has 9 nitrogen and oxygen atoms in total. The quantitative estimate of drug-likeness (QED) is 0.0408. The number of alkyl halides is 6. The highest BCUT2D eigenvalue weighted by Crippen LogP contribution is 2.36. The van der Waals surface area contributed by atoms with E-state index in [2.05, 4.69) is 5.32 Å². The molecular formula is C54H56F6N2O7. The van der Waals surface area contributed by atoms with E-state index in [9.17, 15) is 50.9 Å². The molecule has 0 aliphatic rings. The Kier molecular flexibility index (Phi) is 19.2. The Bertz CT molecular complexity index is 2670. The number of aliphatic carboxylic acids is 2. The molecule has 6 aromatic carbocycles. The van der Waals surface area contributed by atoms with E-state index >= 15 is 0 Å². The van der Waals surface area contributed by atoms with Gasteiger partial charge in [0.15, 0.2) is 0 Å². The molecule has 2 atom stereocenters. The number of aliphatic hydroxyl groups excluding tert-OH is 2. The zero-order valence-electron chi connectivity index (χ0n) is 38.6. The number of hydrogen-bond donors (Lipinski definition) is 6. The first-order valence-corrected chi connectivity index (χ1v) is 21.8. The molecule has 0 aromatic heterocycles. The first kappa shape index (κ1) is 55.0. The number of aliphatic hydroxyl groups is 2. The molecule has 15 heteroatoms. The van der Waals surface area contributed by atoms with Gasteiger partial charge in [0, 0.05) is 12.1 Å². The topological polar surface area (TPSA) is 170 Å². The number of aldehydes is 1. The summed E-state index contributed by atoms with van der Waals surface area (Å²) in [6, 6.07) is 38.8. The molecular weight excluding hydrogens is 903 g/mol. The lowest BCUT2D eigenvalue weighted by Crippen LogP contribution is -2.52. The lowest BCUT2D eigenvalue weighted by Gasteiger charge is -2.24. The van der Waals surface area contributed by atoms with Crippen LogP contribution in [0, 0.1) is 13.8 Å². The Morgan fingerprint density at radius 3 is 1.38 bits per heavy atom. The molecule has 0 aliphatic carbocycles. The third-order valence-electron chi connectivity index (χ3n) is 11.7. The van der Waals surface area contributed by atoms with Gasteiger partial charge in [-0.2, -0.15) is 26.3 Å². The lowest BCUT2D eigenvalue weighted by atomic mass is 9.91. The Balaban J connectivity index is 0.000000264. The number of aryl methyl sites for hydroxylation is 4. The minimum absolute atomic E-state index is 0.0109. The summed E-state index contributed by atoms with van der Waals surface area (Å²) in [5.41, 5.74) is 9.94. The fraction of sp³-hybridized carbons (Fsp3) is 0.278. The van der Waals surface area contributed by atoms with Gasteiger partial charge < -0.3 is 26.2 Å². The van der Waals surface area contributed by atoms with Gasteiger partial charge in [0.2, 0.25) is 0 Å². The van der Waals surface area contributed by atoms with Gasteiger partial charge in [-0.05, 0) is 133 Å². The smallest absolute Gasteiger partial charge is 0.416 e. The van der Waals surface area contributed by atoms with E-state index in [1.807, 2.05) is 111 Å². The Morgan fingerprint density at radius 1 is 0.565 bits per heavy atom. The predicted molar refractivity (Wildman–Crippen MR) is 254 cm³/mol. The van der Waals surface area contributed by atoms with Gasteiger partial charge in [0.05, 0.1) is 24.3 Å². The summed E-state index contributed by atoms with van der Waals surface area (Å²) in [6.07, 6.45) is -7.06. The minimum Gasteiger partial charge on any atom is -0.480 e. The van der Waals surface area contributed by atoms with Crippen molar-refractivity contribution in [3.05, 3.63) is 189 Å². The van der Waals surface area contributed by atoms with Crippen LogP contribution in [0.25, 0.3) is 22.3 Å². The largest absolute Gasteiger partial charge is 0.480 e. The fourth-order valence-corrected chi connectivity index (χ4v) is 7.28. The predicted octanol–water partition coefficient (Wildman–Crippen LogP) is 10.5. The summed E-state index contributed by atoms with van der Waals surface area (Å²) in [7, 11) is 0. The van der Waals surface area contributed by atoms with Crippen molar-refractivity contribution >= 4 is 18.2 Å². The number of carboxylic acid groups (broad SMARTS) is 2. The van der Waals surface area contributed by atoms with Gasteiger partial charge in [-0.1, -0.05) is 115 Å². The standard InChI is InChI=1S/C27H28F3NO3.C23H19F3O.C4H9NO3/c1-18-20(9-6-10-23(18)21-7-4-3-5-8-21)12-13-22-15-19(11-14-24(22)27(28,29)30)16-31-26(2,17-32)25(33)34;1-16-18(8-5-9-21(16)19-6-3-2-4-7-19)11-12-20-14-17(15-27)10-13-22(20)23(24,25)26;1-4(5,2-6)3(7)8/h3-11,14-15,31-32H,12-13,16-17H2,1-2H3,(H,33,34);2-10,13-15H,11-12H2,1H3;6H,2,5H2,1H3,(H,7,8). The molecule has 0 saturated heterocycles. The van der Waals surface area contributed by atoms with Crippen LogP contribution >= 0.6 is 0 Å². The second kappa shape index (κ2) is 24.1. The highest BCUT2D eigenvalue weighted by molar-refractivity contribution is 5.79. The summed E-state index contributed by atoms with van der Waals surface area (Å²) in [5.74, 6) is -2.43. The maximum Gasteiger partial charge on any atom is 0.416 e. The van der Waals surface area contributed by atoms with Crippen LogP contribution < -0.4 is 11.1 Å². The van der Waals surface area contributed by atoms with Crippen LogP contribution in [0.15, 0.2) is 133 Å². The molecule has 0 heterocycles. The fourth-order valence-electron chi connectivity index (χ4n) is 7.28. The zero-order chi connectivity index (χ0) is 51.2. The highest BCUT2D eigenvalue weighted by Gasteiger charge is 2.35. The normalized spacial score (nSPS) is 13.1. The number of carbonyl (C=O) groups is 3.